The number of ether oxygens (including phenoxy) is 1. The number of pyridine rings is 1. The molecule has 0 aliphatic rings. The van der Waals surface area contributed by atoms with Crippen molar-refractivity contribution in [3.8, 4) is 5.88 Å². The molecule has 0 atom stereocenters. The van der Waals surface area contributed by atoms with Crippen molar-refractivity contribution in [2.24, 2.45) is 0 Å². The summed E-state index contributed by atoms with van der Waals surface area (Å²) in [6.07, 6.45) is 1.63. The zero-order chi connectivity index (χ0) is 15.4. The number of amides is 1. The van der Waals surface area contributed by atoms with Crippen LogP contribution in [0.1, 0.15) is 29.8 Å². The highest BCUT2D eigenvalue weighted by molar-refractivity contribution is 9.10. The molecule has 0 fully saturated rings. The van der Waals surface area contributed by atoms with Crippen LogP contribution in [0.3, 0.4) is 0 Å². The van der Waals surface area contributed by atoms with E-state index in [1.54, 1.807) is 24.4 Å². The molecule has 21 heavy (non-hydrogen) atoms. The van der Waals surface area contributed by atoms with Crippen molar-refractivity contribution in [2.45, 2.75) is 26.9 Å². The van der Waals surface area contributed by atoms with Gasteiger partial charge in [0.2, 0.25) is 5.88 Å². The van der Waals surface area contributed by atoms with Crippen LogP contribution in [-0.4, -0.2) is 17.0 Å². The average Bonchev–Trinajstić information content (AvgIpc) is 2.39. The first-order valence-electron chi connectivity index (χ1n) is 6.66. The molecule has 1 aromatic carbocycles. The summed E-state index contributed by atoms with van der Waals surface area (Å²) in [5.74, 6) is 0.230. The van der Waals surface area contributed by atoms with Gasteiger partial charge in [-0.2, -0.15) is 0 Å². The van der Waals surface area contributed by atoms with Crippen LogP contribution in [0, 0.1) is 6.92 Å². The quantitative estimate of drug-likeness (QED) is 0.900. The van der Waals surface area contributed by atoms with Crippen molar-refractivity contribution >= 4 is 27.5 Å². The molecule has 4 nitrogen and oxygen atoms in total. The number of anilines is 1. The maximum absolute atomic E-state index is 12.3. The van der Waals surface area contributed by atoms with Crippen LogP contribution in [0.15, 0.2) is 41.0 Å². The van der Waals surface area contributed by atoms with Crippen molar-refractivity contribution < 1.29 is 9.53 Å². The molecule has 0 aliphatic carbocycles. The molecule has 5 heteroatoms. The van der Waals surface area contributed by atoms with E-state index in [0.29, 0.717) is 17.1 Å². The van der Waals surface area contributed by atoms with Crippen LogP contribution in [-0.2, 0) is 0 Å². The summed E-state index contributed by atoms with van der Waals surface area (Å²) < 4.78 is 6.47. The molecular formula is C16H17BrN2O2. The summed E-state index contributed by atoms with van der Waals surface area (Å²) in [4.78, 5) is 16.5. The Balaban J connectivity index is 2.23. The van der Waals surface area contributed by atoms with Crippen molar-refractivity contribution in [3.63, 3.8) is 0 Å². The van der Waals surface area contributed by atoms with E-state index < -0.39 is 0 Å². The summed E-state index contributed by atoms with van der Waals surface area (Å²) >= 11 is 3.40. The Hall–Kier alpha value is -1.88. The number of nitrogens with zero attached hydrogens (tertiary/aromatic N) is 1. The molecule has 0 bridgehead atoms. The minimum Gasteiger partial charge on any atom is -0.473 e. The smallest absolute Gasteiger partial charge is 0.255 e. The predicted molar refractivity (Wildman–Crippen MR) is 86.8 cm³/mol. The second-order valence-corrected chi connectivity index (χ2v) is 5.91. The topological polar surface area (TPSA) is 51.2 Å². The Labute approximate surface area is 132 Å². The minimum atomic E-state index is -0.194. The summed E-state index contributed by atoms with van der Waals surface area (Å²) in [5, 5.41) is 2.84. The van der Waals surface area contributed by atoms with Crippen LogP contribution < -0.4 is 10.1 Å². The highest BCUT2D eigenvalue weighted by Crippen LogP contribution is 2.23. The fourth-order valence-electron chi connectivity index (χ4n) is 1.87. The van der Waals surface area contributed by atoms with Gasteiger partial charge in [-0.3, -0.25) is 4.79 Å². The molecule has 0 spiro atoms. The second-order valence-electron chi connectivity index (χ2n) is 4.99. The van der Waals surface area contributed by atoms with Gasteiger partial charge in [0.1, 0.15) is 5.69 Å². The van der Waals surface area contributed by atoms with Gasteiger partial charge in [0.15, 0.2) is 0 Å². The van der Waals surface area contributed by atoms with Crippen LogP contribution in [0.5, 0.6) is 5.88 Å². The van der Waals surface area contributed by atoms with Gasteiger partial charge in [0, 0.05) is 16.2 Å². The first kappa shape index (κ1) is 15.5. The molecule has 0 unspecified atom stereocenters. The van der Waals surface area contributed by atoms with Gasteiger partial charge in [-0.05, 0) is 56.7 Å². The number of carbonyl (C=O) groups excluding carboxylic acids is 1. The van der Waals surface area contributed by atoms with Crippen molar-refractivity contribution in [1.29, 1.82) is 0 Å². The first-order chi connectivity index (χ1) is 9.95. The van der Waals surface area contributed by atoms with E-state index in [-0.39, 0.29) is 12.0 Å². The summed E-state index contributed by atoms with van der Waals surface area (Å²) in [7, 11) is 0. The van der Waals surface area contributed by atoms with Crippen molar-refractivity contribution in [3.05, 3.63) is 52.1 Å². The number of carbonyl (C=O) groups is 1. The Bertz CT molecular complexity index is 636. The molecule has 0 saturated carbocycles. The minimum absolute atomic E-state index is 0.0105. The third-order valence-electron chi connectivity index (χ3n) is 2.67. The fraction of sp³-hybridized carbons (Fsp3) is 0.250. The SMILES string of the molecule is Cc1cc(Br)cc(C(=O)Nc2cccnc2OC(C)C)c1. The lowest BCUT2D eigenvalue weighted by Gasteiger charge is -2.13. The van der Waals surface area contributed by atoms with Gasteiger partial charge >= 0.3 is 0 Å². The number of hydrogen-bond acceptors (Lipinski definition) is 3. The third-order valence-corrected chi connectivity index (χ3v) is 3.13. The number of rotatable bonds is 4. The first-order valence-corrected chi connectivity index (χ1v) is 7.45. The highest BCUT2D eigenvalue weighted by atomic mass is 79.9. The van der Waals surface area contributed by atoms with Gasteiger partial charge in [0.25, 0.3) is 5.91 Å². The largest absolute Gasteiger partial charge is 0.473 e. The number of aryl methyl sites for hydroxylation is 1. The van der Waals surface area contributed by atoms with E-state index in [1.165, 1.54) is 0 Å². The lowest BCUT2D eigenvalue weighted by molar-refractivity contribution is 0.102. The number of halogens is 1. The molecule has 2 aromatic rings. The Morgan fingerprint density at radius 2 is 2.10 bits per heavy atom. The third kappa shape index (κ3) is 4.29. The zero-order valence-electron chi connectivity index (χ0n) is 12.2. The molecular weight excluding hydrogens is 332 g/mol. The van der Waals surface area contributed by atoms with E-state index in [4.69, 9.17) is 4.74 Å². The summed E-state index contributed by atoms with van der Waals surface area (Å²) in [6.45, 7) is 5.77. The van der Waals surface area contributed by atoms with Gasteiger partial charge in [-0.1, -0.05) is 15.9 Å². The van der Waals surface area contributed by atoms with Gasteiger partial charge in [-0.25, -0.2) is 4.98 Å². The van der Waals surface area contributed by atoms with Crippen LogP contribution >= 0.6 is 15.9 Å². The van der Waals surface area contributed by atoms with Gasteiger partial charge in [0.05, 0.1) is 6.10 Å². The monoisotopic (exact) mass is 348 g/mol. The van der Waals surface area contributed by atoms with Crippen molar-refractivity contribution in [1.82, 2.24) is 4.98 Å². The van der Waals surface area contributed by atoms with E-state index in [0.717, 1.165) is 10.0 Å². The van der Waals surface area contributed by atoms with E-state index in [9.17, 15) is 4.79 Å². The van der Waals surface area contributed by atoms with Gasteiger partial charge < -0.3 is 10.1 Å². The lowest BCUT2D eigenvalue weighted by Crippen LogP contribution is -2.15. The Kier molecular flexibility index (Phi) is 4.96. The summed E-state index contributed by atoms with van der Waals surface area (Å²) in [6, 6.07) is 9.09. The average molecular weight is 349 g/mol. The van der Waals surface area contributed by atoms with Gasteiger partial charge in [-0.15, -0.1) is 0 Å². The van der Waals surface area contributed by atoms with E-state index in [2.05, 4.69) is 26.2 Å². The fourth-order valence-corrected chi connectivity index (χ4v) is 2.47. The maximum Gasteiger partial charge on any atom is 0.255 e. The standard InChI is InChI=1S/C16H17BrN2O2/c1-10(2)21-16-14(5-4-6-18-16)19-15(20)12-7-11(3)8-13(17)9-12/h4-10H,1-3H3,(H,19,20). The zero-order valence-corrected chi connectivity index (χ0v) is 13.8. The van der Waals surface area contributed by atoms with E-state index >= 15 is 0 Å². The number of nitrogens with one attached hydrogen (secondary N) is 1. The molecule has 1 aromatic heterocycles. The summed E-state index contributed by atoms with van der Waals surface area (Å²) in [5.41, 5.74) is 2.16. The van der Waals surface area contributed by atoms with Crippen LogP contribution in [0.4, 0.5) is 5.69 Å². The van der Waals surface area contributed by atoms with Crippen molar-refractivity contribution in [2.75, 3.05) is 5.32 Å². The number of aromatic nitrogens is 1. The number of benzene rings is 1. The second kappa shape index (κ2) is 6.72. The molecule has 110 valence electrons. The lowest BCUT2D eigenvalue weighted by atomic mass is 10.1. The highest BCUT2D eigenvalue weighted by Gasteiger charge is 2.12. The van der Waals surface area contributed by atoms with Crippen LogP contribution in [0.25, 0.3) is 0 Å². The van der Waals surface area contributed by atoms with Crippen LogP contribution in [0.2, 0.25) is 0 Å². The molecule has 0 radical (unpaired) electrons. The molecule has 1 amide bonds. The molecule has 1 heterocycles. The Morgan fingerprint density at radius 1 is 1.33 bits per heavy atom. The number of hydrogen-bond donors (Lipinski definition) is 1. The molecule has 2 rings (SSSR count). The Morgan fingerprint density at radius 3 is 2.76 bits per heavy atom. The maximum atomic E-state index is 12.3. The predicted octanol–water partition coefficient (Wildman–Crippen LogP) is 4.19. The molecule has 0 aliphatic heterocycles. The normalized spacial score (nSPS) is 10.5. The molecule has 1 N–H and O–H groups in total. The van der Waals surface area contributed by atoms with E-state index in [1.807, 2.05) is 32.9 Å². The molecule has 0 saturated heterocycles.